The third-order valence-corrected chi connectivity index (χ3v) is 2.49. The summed E-state index contributed by atoms with van der Waals surface area (Å²) >= 11 is 0. The lowest BCUT2D eigenvalue weighted by Gasteiger charge is -2.45. The summed E-state index contributed by atoms with van der Waals surface area (Å²) in [5.41, 5.74) is 0.125. The Bertz CT molecular complexity index is 220. The van der Waals surface area contributed by atoms with Crippen molar-refractivity contribution >= 4 is 0 Å². The van der Waals surface area contributed by atoms with Gasteiger partial charge in [-0.3, -0.25) is 4.90 Å². The van der Waals surface area contributed by atoms with Gasteiger partial charge in [0, 0.05) is 35.3 Å². The van der Waals surface area contributed by atoms with Crippen molar-refractivity contribution in [3.05, 3.63) is 0 Å². The third kappa shape index (κ3) is 2.20. The Labute approximate surface area is 80.8 Å². The summed E-state index contributed by atoms with van der Waals surface area (Å²) in [5.74, 6) is 0. The first kappa shape index (κ1) is 6.39. The molecule has 0 aromatic rings. The molecule has 0 aromatic carbocycles. The topological polar surface area (TPSA) is 6.48 Å². The Kier molecular flexibility index (Phi) is 1.78. The summed E-state index contributed by atoms with van der Waals surface area (Å²) in [6.45, 7) is 8.80. The van der Waals surface area contributed by atoms with E-state index in [1.807, 2.05) is 0 Å². The molecule has 72 valence electrons. The van der Waals surface area contributed by atoms with E-state index in [-0.39, 0.29) is 5.54 Å². The summed E-state index contributed by atoms with van der Waals surface area (Å²) in [7, 11) is 0. The predicted octanol–water partition coefficient (Wildman–Crippen LogP) is 1.42. The molecule has 0 spiro atoms. The van der Waals surface area contributed by atoms with Gasteiger partial charge in [-0.1, -0.05) is 0 Å². The van der Waals surface area contributed by atoms with Crippen molar-refractivity contribution in [3.8, 4) is 0 Å². The first-order valence-corrected chi connectivity index (χ1v) is 4.64. The maximum absolute atomic E-state index is 7.38. The molecule has 1 unspecified atom stereocenters. The molecule has 0 amide bonds. The fourth-order valence-corrected chi connectivity index (χ4v) is 1.95. The Balaban J connectivity index is 2.64. The molecule has 2 heteroatoms. The van der Waals surface area contributed by atoms with Crippen LogP contribution in [0.2, 0.25) is 0 Å². The van der Waals surface area contributed by atoms with E-state index in [9.17, 15) is 0 Å². The molecule has 1 fully saturated rings. The van der Waals surface area contributed by atoms with Crippen LogP contribution in [0.1, 0.15) is 31.8 Å². The fourth-order valence-electron chi connectivity index (χ4n) is 1.95. The molecule has 2 nitrogen and oxygen atoms in total. The summed E-state index contributed by atoms with van der Waals surface area (Å²) in [6, 6.07) is 0.305. The quantitative estimate of drug-likeness (QED) is 0.546. The normalized spacial score (nSPS) is 34.0. The molecule has 0 saturated carbocycles. The zero-order valence-electron chi connectivity index (χ0n) is 11.6. The van der Waals surface area contributed by atoms with Crippen LogP contribution in [0.3, 0.4) is 0 Å². The van der Waals surface area contributed by atoms with Gasteiger partial charge in [0.15, 0.2) is 0 Å². The summed E-state index contributed by atoms with van der Waals surface area (Å²) in [6.07, 6.45) is 0. The molecule has 0 bridgehead atoms. The van der Waals surface area contributed by atoms with Crippen molar-refractivity contribution in [2.75, 3.05) is 26.6 Å². The monoisotopic (exact) mass is 173 g/mol. The molecule has 1 saturated heterocycles. The zero-order valence-corrected chi connectivity index (χ0v) is 8.59. The van der Waals surface area contributed by atoms with Gasteiger partial charge >= 0.3 is 0 Å². The Morgan fingerprint density at radius 3 is 2.42 bits per heavy atom. The van der Waals surface area contributed by atoms with Crippen LogP contribution < -0.4 is 0 Å². The van der Waals surface area contributed by atoms with Crippen molar-refractivity contribution in [3.63, 3.8) is 0 Å². The van der Waals surface area contributed by atoms with Gasteiger partial charge in [0.05, 0.1) is 0 Å². The molecule has 1 heterocycles. The highest BCUT2D eigenvalue weighted by Gasteiger charge is 2.29. The van der Waals surface area contributed by atoms with Crippen LogP contribution in [0.5, 0.6) is 0 Å². The van der Waals surface area contributed by atoms with Crippen molar-refractivity contribution in [1.82, 2.24) is 9.80 Å². The fraction of sp³-hybridized carbons (Fsp3) is 1.00. The smallest absolute Gasteiger partial charge is 0.0394 e. The highest BCUT2D eigenvalue weighted by atomic mass is 15.3. The van der Waals surface area contributed by atoms with E-state index in [0.717, 1.165) is 6.54 Å². The predicted molar refractivity (Wildman–Crippen MR) is 53.4 cm³/mol. The van der Waals surface area contributed by atoms with Gasteiger partial charge in [-0.05, 0) is 34.7 Å². The minimum atomic E-state index is -1.93. The molecule has 1 aliphatic heterocycles. The van der Waals surface area contributed by atoms with Crippen LogP contribution in [-0.2, 0) is 0 Å². The van der Waals surface area contributed by atoms with E-state index in [2.05, 4.69) is 32.6 Å². The van der Waals surface area contributed by atoms with Gasteiger partial charge < -0.3 is 4.90 Å². The maximum atomic E-state index is 7.38. The van der Waals surface area contributed by atoms with Gasteiger partial charge in [-0.25, -0.2) is 0 Å². The minimum absolute atomic E-state index is 0.125. The number of hydrogen-bond donors (Lipinski definition) is 0. The Hall–Kier alpha value is -0.0800. The van der Waals surface area contributed by atoms with Crippen LogP contribution in [0.25, 0.3) is 0 Å². The molecular formula is C10H22N2. The maximum Gasteiger partial charge on any atom is 0.0394 e. The molecule has 12 heavy (non-hydrogen) atoms. The lowest BCUT2D eigenvalue weighted by molar-refractivity contribution is 0.0275. The lowest BCUT2D eigenvalue weighted by Crippen LogP contribution is -2.57. The highest BCUT2D eigenvalue weighted by Crippen LogP contribution is 2.19. The van der Waals surface area contributed by atoms with Crippen LogP contribution in [0.4, 0.5) is 0 Å². The molecule has 0 aromatic heterocycles. The lowest BCUT2D eigenvalue weighted by atomic mass is 10.0. The molecule has 0 radical (unpaired) electrons. The van der Waals surface area contributed by atoms with Gasteiger partial charge in [0.25, 0.3) is 0 Å². The third-order valence-electron chi connectivity index (χ3n) is 2.49. The first-order valence-electron chi connectivity index (χ1n) is 6.14. The highest BCUT2D eigenvalue weighted by molar-refractivity contribution is 4.86. The molecule has 0 aliphatic carbocycles. The van der Waals surface area contributed by atoms with Crippen molar-refractivity contribution in [1.29, 1.82) is 0 Å². The molecule has 1 rings (SSSR count). The van der Waals surface area contributed by atoms with Crippen LogP contribution in [0, 0.1) is 0 Å². The van der Waals surface area contributed by atoms with Gasteiger partial charge in [-0.2, -0.15) is 0 Å². The summed E-state index contributed by atoms with van der Waals surface area (Å²) < 4.78 is 22.1. The van der Waals surface area contributed by atoms with Crippen LogP contribution in [-0.4, -0.2) is 48.0 Å². The van der Waals surface area contributed by atoms with E-state index < -0.39 is 6.98 Å². The Morgan fingerprint density at radius 1 is 1.33 bits per heavy atom. The summed E-state index contributed by atoms with van der Waals surface area (Å²) in [5, 5.41) is 0. The number of hydrogen-bond acceptors (Lipinski definition) is 2. The van der Waals surface area contributed by atoms with E-state index >= 15 is 0 Å². The molecule has 1 aliphatic rings. The number of nitrogens with zero attached hydrogens (tertiary/aromatic N) is 2. The average Bonchev–Trinajstić information content (AvgIpc) is 1.99. The second kappa shape index (κ2) is 3.35. The van der Waals surface area contributed by atoms with Crippen molar-refractivity contribution in [2.24, 2.45) is 0 Å². The van der Waals surface area contributed by atoms with E-state index in [1.165, 1.54) is 0 Å². The van der Waals surface area contributed by atoms with Crippen molar-refractivity contribution in [2.45, 2.75) is 39.3 Å². The van der Waals surface area contributed by atoms with E-state index in [4.69, 9.17) is 4.11 Å². The second-order valence-corrected chi connectivity index (χ2v) is 4.66. The van der Waals surface area contributed by atoms with E-state index in [0.29, 0.717) is 19.1 Å². The second-order valence-electron chi connectivity index (χ2n) is 4.66. The zero-order chi connectivity index (χ0) is 11.9. The Morgan fingerprint density at radius 2 is 2.00 bits per heavy atom. The van der Waals surface area contributed by atoms with Crippen LogP contribution >= 0.6 is 0 Å². The minimum Gasteiger partial charge on any atom is -0.304 e. The molecule has 1 atom stereocenters. The van der Waals surface area contributed by atoms with Gasteiger partial charge in [0.2, 0.25) is 0 Å². The van der Waals surface area contributed by atoms with Crippen LogP contribution in [0.15, 0.2) is 0 Å². The van der Waals surface area contributed by atoms with E-state index in [1.54, 1.807) is 4.90 Å². The number of piperazine rings is 1. The SMILES string of the molecule is [2H]C([2H])([2H])N1CCN(C(C)(C)C)C(C)C1. The average molecular weight is 173 g/mol. The van der Waals surface area contributed by atoms with Gasteiger partial charge in [-0.15, -0.1) is 0 Å². The largest absolute Gasteiger partial charge is 0.304 e. The summed E-state index contributed by atoms with van der Waals surface area (Å²) in [4.78, 5) is 3.97. The number of rotatable bonds is 0. The first-order chi connectivity index (χ1) is 6.62. The number of likely N-dealkylation sites (N-methyl/N-ethyl adjacent to an activating group) is 1. The molecule has 0 N–H and O–H groups in total. The van der Waals surface area contributed by atoms with Crippen molar-refractivity contribution < 1.29 is 4.11 Å². The molecular weight excluding hydrogens is 148 g/mol. The standard InChI is InChI=1S/C10H22N2/c1-9-8-11(5)6-7-12(9)10(2,3)4/h9H,6-8H2,1-5H3/i5D3. The van der Waals surface area contributed by atoms with Gasteiger partial charge in [0.1, 0.15) is 0 Å².